The molecule has 1 N–H and O–H groups in total. The highest BCUT2D eigenvalue weighted by Crippen LogP contribution is 2.31. The first kappa shape index (κ1) is 13.0. The molecule has 0 bridgehead atoms. The van der Waals surface area contributed by atoms with Gasteiger partial charge in [0.1, 0.15) is 0 Å². The topological polar surface area (TPSA) is 15.3 Å². The normalized spacial score (nSPS) is 24.9. The fourth-order valence-corrected chi connectivity index (χ4v) is 3.61. The first-order chi connectivity index (χ1) is 9.38. The molecule has 1 unspecified atom stereocenters. The van der Waals surface area contributed by atoms with Gasteiger partial charge in [-0.2, -0.15) is 0 Å². The second-order valence-corrected chi connectivity index (χ2v) is 6.06. The number of nitrogens with one attached hydrogen (secondary N) is 1. The highest BCUT2D eigenvalue weighted by Gasteiger charge is 2.27. The Hall–Kier alpha value is -1.02. The zero-order chi connectivity index (χ0) is 13.1. The van der Waals surface area contributed by atoms with E-state index in [1.54, 1.807) is 0 Å². The number of para-hydroxylation sites is 1. The highest BCUT2D eigenvalue weighted by atomic mass is 15.2. The Morgan fingerprint density at radius 3 is 2.74 bits per heavy atom. The smallest absolute Gasteiger partial charge is 0.0414 e. The Morgan fingerprint density at radius 2 is 1.95 bits per heavy atom. The fourth-order valence-electron chi connectivity index (χ4n) is 3.61. The number of hydrogen-bond donors (Lipinski definition) is 1. The van der Waals surface area contributed by atoms with Crippen LogP contribution >= 0.6 is 0 Å². The van der Waals surface area contributed by atoms with E-state index < -0.39 is 0 Å². The summed E-state index contributed by atoms with van der Waals surface area (Å²) < 4.78 is 0. The Kier molecular flexibility index (Phi) is 4.07. The maximum absolute atomic E-state index is 3.71. The standard InChI is InChI=1S/C17H26N2/c1-2-15-13-19(16-9-4-3-5-10-16)17-11-7-6-8-14(17)12-18-15/h6-8,11,15-16,18H,2-5,9-10,12-13H2,1H3. The van der Waals surface area contributed by atoms with Crippen LogP contribution in [0.3, 0.4) is 0 Å². The molecule has 1 saturated carbocycles. The van der Waals surface area contributed by atoms with E-state index in [9.17, 15) is 0 Å². The van der Waals surface area contributed by atoms with E-state index in [4.69, 9.17) is 0 Å². The molecule has 0 saturated heterocycles. The Labute approximate surface area is 117 Å². The average Bonchev–Trinajstić information content (AvgIpc) is 2.68. The first-order valence-corrected chi connectivity index (χ1v) is 7.96. The summed E-state index contributed by atoms with van der Waals surface area (Å²) >= 11 is 0. The van der Waals surface area contributed by atoms with Gasteiger partial charge in [0.2, 0.25) is 0 Å². The van der Waals surface area contributed by atoms with E-state index in [2.05, 4.69) is 41.4 Å². The van der Waals surface area contributed by atoms with Crippen molar-refractivity contribution in [2.24, 2.45) is 0 Å². The van der Waals surface area contributed by atoms with Crippen molar-refractivity contribution >= 4 is 5.69 Å². The molecule has 1 aliphatic heterocycles. The van der Waals surface area contributed by atoms with Crippen molar-refractivity contribution in [1.82, 2.24) is 5.32 Å². The Balaban J connectivity index is 1.89. The number of hydrogen-bond acceptors (Lipinski definition) is 2. The molecule has 1 aromatic rings. The summed E-state index contributed by atoms with van der Waals surface area (Å²) in [6.07, 6.45) is 8.23. The molecule has 2 nitrogen and oxygen atoms in total. The molecule has 0 aromatic heterocycles. The Bertz CT molecular complexity index is 409. The maximum atomic E-state index is 3.71. The van der Waals surface area contributed by atoms with Gasteiger partial charge >= 0.3 is 0 Å². The van der Waals surface area contributed by atoms with Crippen molar-refractivity contribution in [3.05, 3.63) is 29.8 Å². The molecule has 1 aromatic carbocycles. The van der Waals surface area contributed by atoms with Crippen LogP contribution in [0, 0.1) is 0 Å². The van der Waals surface area contributed by atoms with E-state index in [0.717, 1.165) is 12.6 Å². The molecule has 1 heterocycles. The van der Waals surface area contributed by atoms with E-state index in [1.807, 2.05) is 0 Å². The van der Waals surface area contributed by atoms with Crippen LogP contribution in [0.2, 0.25) is 0 Å². The van der Waals surface area contributed by atoms with Gasteiger partial charge in [-0.1, -0.05) is 44.4 Å². The summed E-state index contributed by atoms with van der Waals surface area (Å²) in [7, 11) is 0. The predicted octanol–water partition coefficient (Wildman–Crippen LogP) is 3.71. The van der Waals surface area contributed by atoms with Gasteiger partial charge in [-0.3, -0.25) is 0 Å². The molecule has 0 radical (unpaired) electrons. The molecule has 1 fully saturated rings. The zero-order valence-electron chi connectivity index (χ0n) is 12.1. The van der Waals surface area contributed by atoms with Crippen molar-refractivity contribution in [2.75, 3.05) is 11.4 Å². The molecule has 0 spiro atoms. The van der Waals surface area contributed by atoms with Gasteiger partial charge in [0.05, 0.1) is 0 Å². The van der Waals surface area contributed by atoms with Crippen LogP contribution in [0.25, 0.3) is 0 Å². The minimum atomic E-state index is 0.634. The lowest BCUT2D eigenvalue weighted by Crippen LogP contribution is -2.44. The third-order valence-corrected chi connectivity index (χ3v) is 4.81. The number of rotatable bonds is 2. The second kappa shape index (κ2) is 5.96. The minimum absolute atomic E-state index is 0.634. The first-order valence-electron chi connectivity index (χ1n) is 7.96. The Morgan fingerprint density at radius 1 is 1.16 bits per heavy atom. The van der Waals surface area contributed by atoms with Gasteiger partial charge < -0.3 is 10.2 Å². The van der Waals surface area contributed by atoms with Crippen LogP contribution in [-0.2, 0) is 6.54 Å². The van der Waals surface area contributed by atoms with Crippen molar-refractivity contribution in [3.8, 4) is 0 Å². The summed E-state index contributed by atoms with van der Waals surface area (Å²) in [6, 6.07) is 10.4. The van der Waals surface area contributed by atoms with Crippen LogP contribution in [-0.4, -0.2) is 18.6 Å². The molecule has 2 aliphatic rings. The molecule has 0 amide bonds. The number of benzene rings is 1. The van der Waals surface area contributed by atoms with Crippen molar-refractivity contribution in [3.63, 3.8) is 0 Å². The molecule has 104 valence electrons. The van der Waals surface area contributed by atoms with Crippen molar-refractivity contribution in [1.29, 1.82) is 0 Å². The van der Waals surface area contributed by atoms with Crippen molar-refractivity contribution < 1.29 is 0 Å². The summed E-state index contributed by atoms with van der Waals surface area (Å²) in [5, 5.41) is 3.71. The lowest BCUT2D eigenvalue weighted by molar-refractivity contribution is 0.396. The summed E-state index contributed by atoms with van der Waals surface area (Å²) in [6.45, 7) is 4.50. The highest BCUT2D eigenvalue weighted by molar-refractivity contribution is 5.55. The van der Waals surface area contributed by atoms with Crippen LogP contribution < -0.4 is 10.2 Å². The maximum Gasteiger partial charge on any atom is 0.0414 e. The van der Waals surface area contributed by atoms with E-state index in [0.29, 0.717) is 6.04 Å². The summed E-state index contributed by atoms with van der Waals surface area (Å²) in [5.74, 6) is 0. The van der Waals surface area contributed by atoms with E-state index in [1.165, 1.54) is 56.3 Å². The minimum Gasteiger partial charge on any atom is -0.367 e. The van der Waals surface area contributed by atoms with E-state index >= 15 is 0 Å². The molecular formula is C17H26N2. The van der Waals surface area contributed by atoms with Gasteiger partial charge in [0.25, 0.3) is 0 Å². The van der Waals surface area contributed by atoms with Gasteiger partial charge in [0.15, 0.2) is 0 Å². The molecule has 3 rings (SSSR count). The van der Waals surface area contributed by atoms with Gasteiger partial charge in [-0.15, -0.1) is 0 Å². The lowest BCUT2D eigenvalue weighted by atomic mass is 9.93. The van der Waals surface area contributed by atoms with Crippen LogP contribution in [0.15, 0.2) is 24.3 Å². The van der Waals surface area contributed by atoms with Gasteiger partial charge in [0, 0.05) is 30.9 Å². The quantitative estimate of drug-likeness (QED) is 0.870. The molecule has 1 aliphatic carbocycles. The van der Waals surface area contributed by atoms with E-state index in [-0.39, 0.29) is 0 Å². The largest absolute Gasteiger partial charge is 0.367 e. The second-order valence-electron chi connectivity index (χ2n) is 6.06. The summed E-state index contributed by atoms with van der Waals surface area (Å²) in [4.78, 5) is 2.71. The SMILES string of the molecule is CCC1CN(C2CCCCC2)c2ccccc2CN1. The molecular weight excluding hydrogens is 232 g/mol. The third kappa shape index (κ3) is 2.79. The zero-order valence-corrected chi connectivity index (χ0v) is 12.1. The van der Waals surface area contributed by atoms with Crippen LogP contribution in [0.4, 0.5) is 5.69 Å². The third-order valence-electron chi connectivity index (χ3n) is 4.81. The average molecular weight is 258 g/mol. The molecule has 1 atom stereocenters. The number of fused-ring (bicyclic) bond motifs is 1. The van der Waals surface area contributed by atoms with Crippen molar-refractivity contribution in [2.45, 2.75) is 64.1 Å². The molecule has 19 heavy (non-hydrogen) atoms. The number of anilines is 1. The van der Waals surface area contributed by atoms with Gasteiger partial charge in [-0.25, -0.2) is 0 Å². The monoisotopic (exact) mass is 258 g/mol. The van der Waals surface area contributed by atoms with Gasteiger partial charge in [-0.05, 0) is 30.9 Å². The number of nitrogens with zero attached hydrogens (tertiary/aromatic N) is 1. The van der Waals surface area contributed by atoms with Crippen LogP contribution in [0.1, 0.15) is 51.0 Å². The lowest BCUT2D eigenvalue weighted by Gasteiger charge is -2.37. The predicted molar refractivity (Wildman–Crippen MR) is 81.6 cm³/mol. The fraction of sp³-hybridized carbons (Fsp3) is 0.647. The van der Waals surface area contributed by atoms with Crippen LogP contribution in [0.5, 0.6) is 0 Å². The summed E-state index contributed by atoms with van der Waals surface area (Å²) in [5.41, 5.74) is 2.96. The molecule has 2 heteroatoms.